The van der Waals surface area contributed by atoms with E-state index in [1.165, 1.54) is 31.1 Å². The van der Waals surface area contributed by atoms with Crippen LogP contribution in [0.25, 0.3) is 0 Å². The Labute approximate surface area is 162 Å². The van der Waals surface area contributed by atoms with Crippen molar-refractivity contribution in [1.29, 1.82) is 0 Å². The summed E-state index contributed by atoms with van der Waals surface area (Å²) in [7, 11) is -4.57. The molecule has 2 aromatic rings. The maximum Gasteiger partial charge on any atom is 0.252 e. The van der Waals surface area contributed by atoms with Gasteiger partial charge in [-0.2, -0.15) is 4.31 Å². The number of rotatable bonds is 6. The van der Waals surface area contributed by atoms with Gasteiger partial charge >= 0.3 is 0 Å². The number of amides is 1. The van der Waals surface area contributed by atoms with Crippen molar-refractivity contribution in [2.45, 2.75) is 15.5 Å². The van der Waals surface area contributed by atoms with Gasteiger partial charge in [-0.15, -0.1) is 11.3 Å². The lowest BCUT2D eigenvalue weighted by atomic mass is 10.2. The number of nitrogens with one attached hydrogen (secondary N) is 1. The second kappa shape index (κ2) is 7.32. The Morgan fingerprint density at radius 2 is 2.00 bits per heavy atom. The average molecular weight is 430 g/mol. The number of carbonyl (C=O) groups is 1. The van der Waals surface area contributed by atoms with Crippen LogP contribution in [0.5, 0.6) is 0 Å². The first kappa shape index (κ1) is 20.0. The minimum atomic E-state index is -3.71. The van der Waals surface area contributed by atoms with Crippen LogP contribution in [0.15, 0.2) is 44.8 Å². The van der Waals surface area contributed by atoms with Crippen molar-refractivity contribution >= 4 is 43.0 Å². The molecule has 0 spiro atoms. The van der Waals surface area contributed by atoms with Crippen LogP contribution in [0, 0.1) is 0 Å². The fourth-order valence-corrected chi connectivity index (χ4v) is 5.95. The van der Waals surface area contributed by atoms with Gasteiger partial charge in [0.15, 0.2) is 0 Å². The van der Waals surface area contributed by atoms with E-state index < -0.39 is 20.0 Å². The smallest absolute Gasteiger partial charge is 0.252 e. The van der Waals surface area contributed by atoms with Gasteiger partial charge in [0.2, 0.25) is 15.9 Å². The fourth-order valence-electron chi connectivity index (χ4n) is 2.85. The van der Waals surface area contributed by atoms with E-state index in [4.69, 9.17) is 0 Å². The monoisotopic (exact) mass is 429 g/mol. The van der Waals surface area contributed by atoms with Crippen LogP contribution in [-0.2, 0) is 31.3 Å². The molecular formula is C16H19N3O5S3. The number of benzene rings is 1. The molecule has 0 atom stereocenters. The number of nitrogens with zero attached hydrogens (tertiary/aromatic N) is 2. The van der Waals surface area contributed by atoms with Gasteiger partial charge in [-0.1, -0.05) is 6.07 Å². The predicted octanol–water partition coefficient (Wildman–Crippen LogP) is 0.866. The second-order valence-electron chi connectivity index (χ2n) is 5.99. The van der Waals surface area contributed by atoms with Crippen molar-refractivity contribution in [2.24, 2.45) is 0 Å². The Morgan fingerprint density at radius 3 is 2.63 bits per heavy atom. The third kappa shape index (κ3) is 3.78. The summed E-state index contributed by atoms with van der Waals surface area (Å²) in [6.45, 7) is 0.0837. The zero-order valence-electron chi connectivity index (χ0n) is 14.7. The maximum atomic E-state index is 12.7. The van der Waals surface area contributed by atoms with E-state index in [0.717, 1.165) is 21.2 Å². The van der Waals surface area contributed by atoms with Crippen LogP contribution < -0.4 is 9.62 Å². The summed E-state index contributed by atoms with van der Waals surface area (Å²) in [4.78, 5) is 14.3. The van der Waals surface area contributed by atoms with Crippen molar-refractivity contribution in [3.8, 4) is 0 Å². The van der Waals surface area contributed by atoms with Gasteiger partial charge in [0.05, 0.1) is 11.4 Å². The summed E-state index contributed by atoms with van der Waals surface area (Å²) >= 11 is 1.09. The standard InChI is InChI=1S/C16H19N3O5S3/c1-17-26(21,22)13-5-6-14-12(10-13)7-8-19(14)15(20)11-18(2)27(23,24)16-4-3-9-25-16/h3-6,9-10,17H,7-8,11H2,1-2H3. The Morgan fingerprint density at radius 1 is 1.26 bits per heavy atom. The van der Waals surface area contributed by atoms with Crippen LogP contribution in [0.1, 0.15) is 5.56 Å². The summed E-state index contributed by atoms with van der Waals surface area (Å²) in [5, 5.41) is 1.66. The molecule has 0 saturated carbocycles. The van der Waals surface area contributed by atoms with Gasteiger partial charge in [-0.3, -0.25) is 4.79 Å². The molecule has 0 fully saturated rings. The van der Waals surface area contributed by atoms with E-state index in [1.54, 1.807) is 23.6 Å². The zero-order valence-corrected chi connectivity index (χ0v) is 17.2. The first-order valence-electron chi connectivity index (χ1n) is 8.03. The van der Waals surface area contributed by atoms with E-state index in [9.17, 15) is 21.6 Å². The summed E-state index contributed by atoms with van der Waals surface area (Å²) in [5.41, 5.74) is 1.35. The molecule has 1 N–H and O–H groups in total. The van der Waals surface area contributed by atoms with Crippen molar-refractivity contribution in [2.75, 3.05) is 32.1 Å². The zero-order chi connectivity index (χ0) is 19.8. The van der Waals surface area contributed by atoms with Crippen molar-refractivity contribution < 1.29 is 21.6 Å². The number of likely N-dealkylation sites (N-methyl/N-ethyl adjacent to an activating group) is 1. The first-order valence-corrected chi connectivity index (χ1v) is 11.8. The van der Waals surface area contributed by atoms with Crippen LogP contribution in [-0.4, -0.2) is 54.2 Å². The van der Waals surface area contributed by atoms with E-state index in [1.807, 2.05) is 0 Å². The van der Waals surface area contributed by atoms with Crippen molar-refractivity contribution in [1.82, 2.24) is 9.03 Å². The quantitative estimate of drug-likeness (QED) is 0.734. The molecule has 1 aliphatic rings. The molecule has 3 rings (SSSR count). The maximum absolute atomic E-state index is 12.7. The molecule has 0 radical (unpaired) electrons. The normalized spacial score (nSPS) is 14.6. The molecule has 27 heavy (non-hydrogen) atoms. The predicted molar refractivity (Wildman–Crippen MR) is 103 cm³/mol. The molecule has 1 amide bonds. The lowest BCUT2D eigenvalue weighted by molar-refractivity contribution is -0.118. The minimum Gasteiger partial charge on any atom is -0.311 e. The third-order valence-electron chi connectivity index (χ3n) is 4.34. The average Bonchev–Trinajstić information content (AvgIpc) is 3.31. The number of thiophene rings is 1. The summed E-state index contributed by atoms with van der Waals surface area (Å²) in [5.74, 6) is -0.361. The number of hydrogen-bond acceptors (Lipinski definition) is 6. The van der Waals surface area contributed by atoms with Crippen LogP contribution in [0.4, 0.5) is 5.69 Å². The van der Waals surface area contributed by atoms with Gasteiger partial charge in [0.25, 0.3) is 10.0 Å². The SMILES string of the molecule is CNS(=O)(=O)c1ccc2c(c1)CCN2C(=O)CN(C)S(=O)(=O)c1cccs1. The molecule has 11 heteroatoms. The van der Waals surface area contributed by atoms with Gasteiger partial charge in [-0.25, -0.2) is 21.6 Å². The topological polar surface area (TPSA) is 104 Å². The van der Waals surface area contributed by atoms with Gasteiger partial charge in [-0.05, 0) is 48.7 Å². The van der Waals surface area contributed by atoms with Crippen LogP contribution in [0.2, 0.25) is 0 Å². The van der Waals surface area contributed by atoms with Crippen LogP contribution in [0.3, 0.4) is 0 Å². The number of carbonyl (C=O) groups excluding carboxylic acids is 1. The highest BCUT2D eigenvalue weighted by molar-refractivity contribution is 7.91. The highest BCUT2D eigenvalue weighted by atomic mass is 32.2. The van der Waals surface area contributed by atoms with Crippen LogP contribution >= 0.6 is 11.3 Å². The number of fused-ring (bicyclic) bond motifs is 1. The summed E-state index contributed by atoms with van der Waals surface area (Å²) in [6, 6.07) is 7.69. The summed E-state index contributed by atoms with van der Waals surface area (Å²) < 4.78 is 52.2. The summed E-state index contributed by atoms with van der Waals surface area (Å²) in [6.07, 6.45) is 0.509. The largest absolute Gasteiger partial charge is 0.311 e. The molecule has 1 aliphatic heterocycles. The lowest BCUT2D eigenvalue weighted by Gasteiger charge is -2.21. The van der Waals surface area contributed by atoms with Crippen molar-refractivity contribution in [3.05, 3.63) is 41.3 Å². The van der Waals surface area contributed by atoms with E-state index in [0.29, 0.717) is 18.7 Å². The molecular weight excluding hydrogens is 410 g/mol. The van der Waals surface area contributed by atoms with E-state index in [2.05, 4.69) is 4.72 Å². The van der Waals surface area contributed by atoms with Gasteiger partial charge in [0.1, 0.15) is 4.21 Å². The molecule has 0 saturated heterocycles. The van der Waals surface area contributed by atoms with Gasteiger partial charge < -0.3 is 4.90 Å². The molecule has 2 heterocycles. The van der Waals surface area contributed by atoms with Gasteiger partial charge in [0, 0.05) is 19.3 Å². The minimum absolute atomic E-state index is 0.135. The second-order valence-corrected chi connectivity index (χ2v) is 11.1. The molecule has 146 valence electrons. The fraction of sp³-hybridized carbons (Fsp3) is 0.312. The highest BCUT2D eigenvalue weighted by Gasteiger charge is 2.30. The number of hydrogen-bond donors (Lipinski definition) is 1. The molecule has 1 aromatic heterocycles. The molecule has 1 aromatic carbocycles. The van der Waals surface area contributed by atoms with E-state index >= 15 is 0 Å². The molecule has 0 aliphatic carbocycles. The molecule has 0 unspecified atom stereocenters. The lowest BCUT2D eigenvalue weighted by Crippen LogP contribution is -2.40. The Kier molecular flexibility index (Phi) is 5.41. The molecule has 0 bridgehead atoms. The van der Waals surface area contributed by atoms with Crippen molar-refractivity contribution in [3.63, 3.8) is 0 Å². The molecule has 8 nitrogen and oxygen atoms in total. The Bertz CT molecular complexity index is 1060. The first-order chi connectivity index (χ1) is 12.7. The Hall–Kier alpha value is -1.79. The van der Waals surface area contributed by atoms with E-state index in [-0.39, 0.29) is 21.6 Å². The number of sulfonamides is 2. The third-order valence-corrected chi connectivity index (χ3v) is 8.93. The Balaban J connectivity index is 1.79. The highest BCUT2D eigenvalue weighted by Crippen LogP contribution is 2.30. The number of anilines is 1.